The number of halogens is 1. The van der Waals surface area contributed by atoms with E-state index >= 15 is 0 Å². The van der Waals surface area contributed by atoms with Crippen molar-refractivity contribution in [3.63, 3.8) is 0 Å². The van der Waals surface area contributed by atoms with Crippen LogP contribution in [0.3, 0.4) is 0 Å². The molecule has 1 fully saturated rings. The van der Waals surface area contributed by atoms with E-state index < -0.39 is 0 Å². The molecule has 0 aliphatic heterocycles. The van der Waals surface area contributed by atoms with Crippen molar-refractivity contribution in [2.45, 2.75) is 25.8 Å². The fraction of sp³-hybridized carbons (Fsp3) is 0.500. The highest BCUT2D eigenvalue weighted by molar-refractivity contribution is 5.94. The largest absolute Gasteiger partial charge is 0.494 e. The minimum atomic E-state index is -0.0749. The Kier molecular flexibility index (Phi) is 6.12. The van der Waals surface area contributed by atoms with E-state index in [9.17, 15) is 4.79 Å². The van der Waals surface area contributed by atoms with Crippen molar-refractivity contribution in [2.75, 3.05) is 13.2 Å². The molecule has 0 saturated heterocycles. The molecule has 1 aromatic carbocycles. The van der Waals surface area contributed by atoms with Gasteiger partial charge in [0.15, 0.2) is 0 Å². The van der Waals surface area contributed by atoms with Crippen LogP contribution < -0.4 is 15.8 Å². The Bertz CT molecular complexity index is 404. The molecule has 0 heterocycles. The molecule has 1 aromatic rings. The highest BCUT2D eigenvalue weighted by Crippen LogP contribution is 2.31. The minimum Gasteiger partial charge on any atom is -0.494 e. The molecule has 0 bridgehead atoms. The molecule has 1 aliphatic rings. The molecule has 1 aliphatic carbocycles. The second-order valence-corrected chi connectivity index (χ2v) is 4.67. The van der Waals surface area contributed by atoms with Crippen LogP contribution >= 0.6 is 12.4 Å². The number of hydrogen-bond donors (Lipinski definition) is 2. The number of nitrogens with one attached hydrogen (secondary N) is 1. The van der Waals surface area contributed by atoms with Crippen LogP contribution in [0.25, 0.3) is 0 Å². The molecule has 2 rings (SSSR count). The van der Waals surface area contributed by atoms with Gasteiger partial charge in [0, 0.05) is 18.2 Å². The predicted octanol–water partition coefficient (Wildman–Crippen LogP) is 1.97. The molecular weight excluding hydrogens is 264 g/mol. The molecule has 3 N–H and O–H groups in total. The van der Waals surface area contributed by atoms with Gasteiger partial charge in [-0.05, 0) is 49.9 Å². The van der Waals surface area contributed by atoms with Gasteiger partial charge in [-0.25, -0.2) is 0 Å². The third-order valence-electron chi connectivity index (χ3n) is 3.15. The number of amides is 1. The summed E-state index contributed by atoms with van der Waals surface area (Å²) in [4.78, 5) is 11.9. The number of carbonyl (C=O) groups is 1. The van der Waals surface area contributed by atoms with Gasteiger partial charge in [0.25, 0.3) is 5.91 Å². The van der Waals surface area contributed by atoms with Crippen LogP contribution in [0.4, 0.5) is 0 Å². The van der Waals surface area contributed by atoms with Gasteiger partial charge in [0.1, 0.15) is 5.75 Å². The van der Waals surface area contributed by atoms with Gasteiger partial charge >= 0.3 is 0 Å². The summed E-state index contributed by atoms with van der Waals surface area (Å²) in [5, 5.41) is 2.87. The van der Waals surface area contributed by atoms with E-state index in [0.29, 0.717) is 24.6 Å². The predicted molar refractivity (Wildman–Crippen MR) is 77.9 cm³/mol. The average Bonchev–Trinajstić information content (AvgIpc) is 3.21. The molecule has 1 amide bonds. The third-order valence-corrected chi connectivity index (χ3v) is 3.15. The lowest BCUT2D eigenvalue weighted by atomic mass is 10.1. The second-order valence-electron chi connectivity index (χ2n) is 4.67. The fourth-order valence-electron chi connectivity index (χ4n) is 1.87. The zero-order chi connectivity index (χ0) is 13.0. The summed E-state index contributed by atoms with van der Waals surface area (Å²) in [5.74, 6) is 1.31. The van der Waals surface area contributed by atoms with Gasteiger partial charge in [-0.1, -0.05) is 0 Å². The van der Waals surface area contributed by atoms with Gasteiger partial charge < -0.3 is 15.8 Å². The summed E-state index contributed by atoms with van der Waals surface area (Å²) < 4.78 is 5.33. The van der Waals surface area contributed by atoms with Gasteiger partial charge in [-0.3, -0.25) is 4.79 Å². The SMILES string of the molecule is CCOc1ccc(C(=O)NCC(N)C2CC2)cc1.Cl. The number of rotatable bonds is 6. The van der Waals surface area contributed by atoms with Crippen molar-refractivity contribution >= 4 is 18.3 Å². The molecule has 0 aromatic heterocycles. The van der Waals surface area contributed by atoms with Crippen LogP contribution in [0.5, 0.6) is 5.75 Å². The quantitative estimate of drug-likeness (QED) is 0.839. The Morgan fingerprint density at radius 1 is 1.42 bits per heavy atom. The molecule has 1 atom stereocenters. The van der Waals surface area contributed by atoms with Gasteiger partial charge in [-0.15, -0.1) is 12.4 Å². The lowest BCUT2D eigenvalue weighted by Crippen LogP contribution is -2.38. The molecule has 1 saturated carbocycles. The lowest BCUT2D eigenvalue weighted by Gasteiger charge is -2.11. The van der Waals surface area contributed by atoms with Crippen LogP contribution in [-0.2, 0) is 0 Å². The Labute approximate surface area is 120 Å². The molecule has 0 spiro atoms. The van der Waals surface area contributed by atoms with Crippen molar-refractivity contribution in [1.82, 2.24) is 5.32 Å². The van der Waals surface area contributed by atoms with Gasteiger partial charge in [-0.2, -0.15) is 0 Å². The van der Waals surface area contributed by atoms with E-state index in [4.69, 9.17) is 10.5 Å². The third kappa shape index (κ3) is 4.73. The lowest BCUT2D eigenvalue weighted by molar-refractivity contribution is 0.0950. The summed E-state index contributed by atoms with van der Waals surface area (Å²) in [6.45, 7) is 3.11. The number of nitrogens with two attached hydrogens (primary N) is 1. The normalized spacial score (nSPS) is 15.3. The first-order valence-electron chi connectivity index (χ1n) is 6.47. The van der Waals surface area contributed by atoms with Gasteiger partial charge in [0.2, 0.25) is 0 Å². The summed E-state index contributed by atoms with van der Waals surface area (Å²) >= 11 is 0. The highest BCUT2D eigenvalue weighted by Gasteiger charge is 2.28. The Hall–Kier alpha value is -1.26. The van der Waals surface area contributed by atoms with Crippen molar-refractivity contribution in [3.8, 4) is 5.75 Å². The van der Waals surface area contributed by atoms with E-state index in [0.717, 1.165) is 5.75 Å². The van der Waals surface area contributed by atoms with Crippen molar-refractivity contribution in [3.05, 3.63) is 29.8 Å². The molecule has 106 valence electrons. The number of hydrogen-bond acceptors (Lipinski definition) is 3. The van der Waals surface area contributed by atoms with E-state index in [2.05, 4.69) is 5.32 Å². The Morgan fingerprint density at radius 2 is 2.05 bits per heavy atom. The average molecular weight is 285 g/mol. The minimum absolute atomic E-state index is 0. The highest BCUT2D eigenvalue weighted by atomic mass is 35.5. The maximum absolute atomic E-state index is 11.9. The zero-order valence-electron chi connectivity index (χ0n) is 11.1. The molecule has 19 heavy (non-hydrogen) atoms. The van der Waals surface area contributed by atoms with E-state index in [1.165, 1.54) is 12.8 Å². The molecular formula is C14H21ClN2O2. The summed E-state index contributed by atoms with van der Waals surface area (Å²) in [5.41, 5.74) is 6.57. The first kappa shape index (κ1) is 15.8. The molecule has 4 nitrogen and oxygen atoms in total. The van der Waals surface area contributed by atoms with E-state index in [1.54, 1.807) is 24.3 Å². The molecule has 0 radical (unpaired) electrons. The van der Waals surface area contributed by atoms with Crippen LogP contribution in [0.15, 0.2) is 24.3 Å². The smallest absolute Gasteiger partial charge is 0.251 e. The Morgan fingerprint density at radius 3 is 2.58 bits per heavy atom. The standard InChI is InChI=1S/C14H20N2O2.ClH/c1-2-18-12-7-5-11(6-8-12)14(17)16-9-13(15)10-3-4-10;/h5-8,10,13H,2-4,9,15H2,1H3,(H,16,17);1H. The van der Waals surface area contributed by atoms with Crippen LogP contribution in [0.2, 0.25) is 0 Å². The maximum Gasteiger partial charge on any atom is 0.251 e. The fourth-order valence-corrected chi connectivity index (χ4v) is 1.87. The van der Waals surface area contributed by atoms with Crippen LogP contribution in [0.1, 0.15) is 30.1 Å². The second kappa shape index (κ2) is 7.36. The summed E-state index contributed by atoms with van der Waals surface area (Å²) in [7, 11) is 0. The molecule has 1 unspecified atom stereocenters. The van der Waals surface area contributed by atoms with Crippen molar-refractivity contribution < 1.29 is 9.53 Å². The van der Waals surface area contributed by atoms with Crippen molar-refractivity contribution in [2.24, 2.45) is 11.7 Å². The summed E-state index contributed by atoms with van der Waals surface area (Å²) in [6.07, 6.45) is 2.39. The molecule has 5 heteroatoms. The summed E-state index contributed by atoms with van der Waals surface area (Å²) in [6, 6.07) is 7.24. The first-order valence-corrected chi connectivity index (χ1v) is 6.47. The van der Waals surface area contributed by atoms with Crippen LogP contribution in [0, 0.1) is 5.92 Å². The van der Waals surface area contributed by atoms with E-state index in [-0.39, 0.29) is 24.4 Å². The number of benzene rings is 1. The number of carbonyl (C=O) groups excluding carboxylic acids is 1. The van der Waals surface area contributed by atoms with Gasteiger partial charge in [0.05, 0.1) is 6.61 Å². The topological polar surface area (TPSA) is 64.3 Å². The van der Waals surface area contributed by atoms with E-state index in [1.807, 2.05) is 6.92 Å². The number of ether oxygens (including phenoxy) is 1. The Balaban J connectivity index is 0.00000180. The first-order chi connectivity index (χ1) is 8.70. The monoisotopic (exact) mass is 284 g/mol. The van der Waals surface area contributed by atoms with Crippen LogP contribution in [-0.4, -0.2) is 25.1 Å². The zero-order valence-corrected chi connectivity index (χ0v) is 11.9. The maximum atomic E-state index is 11.9. The van der Waals surface area contributed by atoms with Crippen molar-refractivity contribution in [1.29, 1.82) is 0 Å².